The molecule has 9 nitrogen and oxygen atoms in total. The molecule has 4 N–H and O–H groups in total. The number of aromatic nitrogens is 4. The Kier molecular flexibility index (Phi) is 5.07. The highest BCUT2D eigenvalue weighted by Crippen LogP contribution is 2.32. The number of ether oxygens (including phenoxy) is 1. The van der Waals surface area contributed by atoms with Gasteiger partial charge in [0.15, 0.2) is 23.2 Å². The molecule has 0 saturated carbocycles. The number of imidazole rings is 1. The number of aliphatic hydroxyl groups is 3. The third kappa shape index (κ3) is 3.08. The Bertz CT molecular complexity index is 918. The number of hydrogen-bond donors (Lipinski definition) is 4. The van der Waals surface area contributed by atoms with Gasteiger partial charge >= 0.3 is 0 Å². The molecule has 0 aliphatic carbocycles. The van der Waals surface area contributed by atoms with Crippen molar-refractivity contribution >= 4 is 50.9 Å². The zero-order valence-electron chi connectivity index (χ0n) is 13.4. The molecule has 138 valence electrons. The summed E-state index contributed by atoms with van der Waals surface area (Å²) in [5, 5.41) is 36.8. The molecule has 1 fully saturated rings. The summed E-state index contributed by atoms with van der Waals surface area (Å²) in [4.78, 5) is 12.8. The average Bonchev–Trinajstić information content (AvgIpc) is 3.32. The molecule has 4 heterocycles. The molecule has 4 rings (SSSR count). The molecule has 3 aromatic rings. The lowest BCUT2D eigenvalue weighted by molar-refractivity contribution is -0.0511. The highest BCUT2D eigenvalue weighted by Gasteiger charge is 2.44. The topological polar surface area (TPSA) is 126 Å². The second-order valence-corrected chi connectivity index (χ2v) is 7.78. The Morgan fingerprint density at radius 3 is 2.77 bits per heavy atom. The maximum absolute atomic E-state index is 10.2. The first kappa shape index (κ1) is 18.0. The maximum atomic E-state index is 10.2. The molecule has 0 spiro atoms. The van der Waals surface area contributed by atoms with Crippen LogP contribution in [0.5, 0.6) is 0 Å². The van der Waals surface area contributed by atoms with Crippen molar-refractivity contribution in [2.24, 2.45) is 0 Å². The van der Waals surface area contributed by atoms with Crippen LogP contribution in [-0.4, -0.2) is 59.8 Å². The highest BCUT2D eigenvalue weighted by atomic mass is 127. The van der Waals surface area contributed by atoms with Crippen LogP contribution < -0.4 is 5.32 Å². The molecule has 0 aromatic carbocycles. The first-order valence-electron chi connectivity index (χ1n) is 7.84. The lowest BCUT2D eigenvalue weighted by Crippen LogP contribution is -2.33. The predicted octanol–water partition coefficient (Wildman–Crippen LogP) is 0.716. The Morgan fingerprint density at radius 1 is 1.23 bits per heavy atom. The SMILES string of the molecule is OC[C@H]1O[C@@H](n2cnc3c(NCc4cscc4I)ncnc32)[C@H](O)[C@@H]1O. The first-order valence-corrected chi connectivity index (χ1v) is 9.86. The molecule has 26 heavy (non-hydrogen) atoms. The minimum atomic E-state index is -1.19. The number of rotatable bonds is 5. The molecule has 1 aliphatic rings. The number of nitrogens with zero attached hydrogens (tertiary/aromatic N) is 4. The van der Waals surface area contributed by atoms with E-state index in [-0.39, 0.29) is 6.61 Å². The Labute approximate surface area is 165 Å². The highest BCUT2D eigenvalue weighted by molar-refractivity contribution is 14.1. The smallest absolute Gasteiger partial charge is 0.167 e. The molecule has 11 heteroatoms. The number of thiophene rings is 1. The molecule has 0 amide bonds. The van der Waals surface area contributed by atoms with Crippen LogP contribution in [-0.2, 0) is 11.3 Å². The quantitative estimate of drug-likeness (QED) is 0.387. The van der Waals surface area contributed by atoms with E-state index in [1.807, 2.05) is 0 Å². The normalized spacial score (nSPS) is 25.8. The van der Waals surface area contributed by atoms with E-state index in [1.54, 1.807) is 15.9 Å². The molecule has 4 atom stereocenters. The van der Waals surface area contributed by atoms with Gasteiger partial charge in [-0.15, -0.1) is 0 Å². The van der Waals surface area contributed by atoms with Gasteiger partial charge in [0, 0.05) is 15.5 Å². The molecule has 3 aromatic heterocycles. The van der Waals surface area contributed by atoms with Crippen LogP contribution in [0.4, 0.5) is 5.82 Å². The number of nitrogens with one attached hydrogen (secondary N) is 1. The number of fused-ring (bicyclic) bond motifs is 1. The van der Waals surface area contributed by atoms with Gasteiger partial charge in [-0.1, -0.05) is 0 Å². The van der Waals surface area contributed by atoms with E-state index in [0.717, 1.165) is 0 Å². The summed E-state index contributed by atoms with van der Waals surface area (Å²) in [6.07, 6.45) is -1.21. The third-order valence-corrected chi connectivity index (χ3v) is 6.50. The van der Waals surface area contributed by atoms with E-state index in [0.29, 0.717) is 23.5 Å². The van der Waals surface area contributed by atoms with Gasteiger partial charge < -0.3 is 25.4 Å². The number of aliphatic hydroxyl groups excluding tert-OH is 3. The standard InChI is InChI=1S/C15H16IN5O4S/c16-8-4-26-3-7(8)1-17-13-10-14(19-5-18-13)21(6-20-10)15-12(24)11(23)9(2-22)25-15/h3-6,9,11-12,15,22-24H,1-2H2,(H,17,18,19)/t9-,11-,12-,15-/m1/s1. The van der Waals surface area contributed by atoms with Gasteiger partial charge in [0.2, 0.25) is 0 Å². The summed E-state index contributed by atoms with van der Waals surface area (Å²) in [6, 6.07) is 0. The van der Waals surface area contributed by atoms with Crippen LogP contribution in [0.15, 0.2) is 23.4 Å². The van der Waals surface area contributed by atoms with Gasteiger partial charge in [-0.05, 0) is 33.5 Å². The monoisotopic (exact) mass is 489 g/mol. The van der Waals surface area contributed by atoms with Crippen LogP contribution in [0.2, 0.25) is 0 Å². The van der Waals surface area contributed by atoms with Crippen molar-refractivity contribution in [1.29, 1.82) is 0 Å². The fourth-order valence-corrected chi connectivity index (χ4v) is 4.60. The van der Waals surface area contributed by atoms with Crippen LogP contribution in [0, 0.1) is 3.57 Å². The summed E-state index contributed by atoms with van der Waals surface area (Å²) in [7, 11) is 0. The van der Waals surface area contributed by atoms with Gasteiger partial charge in [-0.3, -0.25) is 4.57 Å². The lowest BCUT2D eigenvalue weighted by atomic mass is 10.1. The van der Waals surface area contributed by atoms with Crippen LogP contribution in [0.25, 0.3) is 11.2 Å². The van der Waals surface area contributed by atoms with Gasteiger partial charge in [-0.25, -0.2) is 15.0 Å². The lowest BCUT2D eigenvalue weighted by Gasteiger charge is -2.16. The Morgan fingerprint density at radius 2 is 2.08 bits per heavy atom. The summed E-state index contributed by atoms with van der Waals surface area (Å²) in [5.74, 6) is 0.572. The molecule has 0 bridgehead atoms. The van der Waals surface area contributed by atoms with Gasteiger partial charge in [-0.2, -0.15) is 11.3 Å². The average molecular weight is 489 g/mol. The minimum absolute atomic E-state index is 0.386. The molecule has 1 saturated heterocycles. The van der Waals surface area contributed by atoms with Gasteiger partial charge in [0.25, 0.3) is 0 Å². The minimum Gasteiger partial charge on any atom is -0.394 e. The van der Waals surface area contributed by atoms with E-state index in [2.05, 4.69) is 53.6 Å². The van der Waals surface area contributed by atoms with Crippen LogP contribution in [0.3, 0.4) is 0 Å². The zero-order valence-corrected chi connectivity index (χ0v) is 16.3. The molecule has 0 radical (unpaired) electrons. The summed E-state index contributed by atoms with van der Waals surface area (Å²) >= 11 is 3.93. The van der Waals surface area contributed by atoms with Crippen molar-refractivity contribution < 1.29 is 20.1 Å². The molecule has 0 unspecified atom stereocenters. The number of halogens is 1. The molecular weight excluding hydrogens is 473 g/mol. The van der Waals surface area contributed by atoms with Crippen LogP contribution >= 0.6 is 33.9 Å². The first-order chi connectivity index (χ1) is 12.6. The Hall–Kier alpha value is -1.38. The van der Waals surface area contributed by atoms with Crippen molar-refractivity contribution in [3.63, 3.8) is 0 Å². The second kappa shape index (κ2) is 7.32. The van der Waals surface area contributed by atoms with E-state index >= 15 is 0 Å². The van der Waals surface area contributed by atoms with E-state index in [1.165, 1.54) is 21.8 Å². The van der Waals surface area contributed by atoms with Crippen molar-refractivity contribution in [3.05, 3.63) is 32.5 Å². The van der Waals surface area contributed by atoms with Gasteiger partial charge in [0.05, 0.1) is 12.9 Å². The van der Waals surface area contributed by atoms with E-state index < -0.39 is 24.5 Å². The Balaban J connectivity index is 1.62. The largest absolute Gasteiger partial charge is 0.394 e. The third-order valence-electron chi connectivity index (χ3n) is 4.28. The second-order valence-electron chi connectivity index (χ2n) is 5.87. The fourth-order valence-electron chi connectivity index (χ4n) is 2.89. The summed E-state index contributed by atoms with van der Waals surface area (Å²) in [5.41, 5.74) is 2.18. The van der Waals surface area contributed by atoms with Crippen molar-refractivity contribution in [2.75, 3.05) is 11.9 Å². The maximum Gasteiger partial charge on any atom is 0.167 e. The number of anilines is 1. The number of hydrogen-bond acceptors (Lipinski definition) is 9. The van der Waals surface area contributed by atoms with Crippen molar-refractivity contribution in [2.45, 2.75) is 31.1 Å². The molecular formula is C15H16IN5O4S. The van der Waals surface area contributed by atoms with E-state index in [9.17, 15) is 15.3 Å². The summed E-state index contributed by atoms with van der Waals surface area (Å²) in [6.45, 7) is 0.219. The predicted molar refractivity (Wildman–Crippen MR) is 103 cm³/mol. The fraction of sp³-hybridized carbons (Fsp3) is 0.400. The van der Waals surface area contributed by atoms with Crippen molar-refractivity contribution in [1.82, 2.24) is 19.5 Å². The van der Waals surface area contributed by atoms with Crippen molar-refractivity contribution in [3.8, 4) is 0 Å². The van der Waals surface area contributed by atoms with Crippen LogP contribution in [0.1, 0.15) is 11.8 Å². The van der Waals surface area contributed by atoms with E-state index in [4.69, 9.17) is 4.74 Å². The zero-order chi connectivity index (χ0) is 18.3. The summed E-state index contributed by atoms with van der Waals surface area (Å²) < 4.78 is 8.28. The van der Waals surface area contributed by atoms with Gasteiger partial charge in [0.1, 0.15) is 24.6 Å². The molecule has 1 aliphatic heterocycles.